The molecule has 0 bridgehead atoms. The fourth-order valence-corrected chi connectivity index (χ4v) is 5.61. The fraction of sp³-hybridized carbons (Fsp3) is 0.556. The van der Waals surface area contributed by atoms with Crippen LogP contribution in [0.1, 0.15) is 37.0 Å². The standard InChI is InChI=1S/C18H26N2O3S/c1-4-19-11-9-18(10-12-19)20(13-14-23-18)24(3,22)17-7-5-16(6-8-17)15(2)21/h5-8H,3-4,9-14H2,1-2H3. The number of carbonyl (C=O) groups is 1. The summed E-state index contributed by atoms with van der Waals surface area (Å²) >= 11 is 0. The molecule has 1 aromatic carbocycles. The average molecular weight is 350 g/mol. The number of rotatable bonds is 4. The van der Waals surface area contributed by atoms with Crippen molar-refractivity contribution in [1.29, 1.82) is 0 Å². The highest BCUT2D eigenvalue weighted by atomic mass is 32.2. The summed E-state index contributed by atoms with van der Waals surface area (Å²) in [6.45, 7) is 7.83. The smallest absolute Gasteiger partial charge is 0.159 e. The maximum Gasteiger partial charge on any atom is 0.159 e. The first-order valence-corrected chi connectivity index (χ1v) is 10.2. The topological polar surface area (TPSA) is 49.9 Å². The number of benzene rings is 1. The van der Waals surface area contributed by atoms with E-state index >= 15 is 0 Å². The van der Waals surface area contributed by atoms with Crippen molar-refractivity contribution in [2.75, 3.05) is 32.8 Å². The van der Waals surface area contributed by atoms with Crippen LogP contribution in [0.2, 0.25) is 0 Å². The largest absolute Gasteiger partial charge is 0.358 e. The molecule has 24 heavy (non-hydrogen) atoms. The summed E-state index contributed by atoms with van der Waals surface area (Å²) in [5.74, 6) is 4.07. The van der Waals surface area contributed by atoms with E-state index in [1.807, 2.05) is 4.31 Å². The summed E-state index contributed by atoms with van der Waals surface area (Å²) < 4.78 is 21.6. The number of hydrogen-bond acceptors (Lipinski definition) is 4. The van der Waals surface area contributed by atoms with Gasteiger partial charge in [0.15, 0.2) is 5.78 Å². The van der Waals surface area contributed by atoms with E-state index in [0.717, 1.165) is 32.5 Å². The average Bonchev–Trinajstić information content (AvgIpc) is 3.00. The Kier molecular flexibility index (Phi) is 4.84. The van der Waals surface area contributed by atoms with Crippen LogP contribution in [-0.2, 0) is 14.4 Å². The van der Waals surface area contributed by atoms with E-state index in [2.05, 4.69) is 17.7 Å². The van der Waals surface area contributed by atoms with Crippen LogP contribution < -0.4 is 0 Å². The van der Waals surface area contributed by atoms with Gasteiger partial charge in [0.2, 0.25) is 0 Å². The Morgan fingerprint density at radius 3 is 2.42 bits per heavy atom. The van der Waals surface area contributed by atoms with Gasteiger partial charge in [0.05, 0.1) is 16.3 Å². The van der Waals surface area contributed by atoms with Crippen LogP contribution in [0.3, 0.4) is 0 Å². The second kappa shape index (κ2) is 6.59. The number of ketones is 1. The van der Waals surface area contributed by atoms with Gasteiger partial charge in [-0.3, -0.25) is 4.79 Å². The molecular formula is C18H26N2O3S. The minimum Gasteiger partial charge on any atom is -0.358 e. The highest BCUT2D eigenvalue weighted by molar-refractivity contribution is 7.98. The van der Waals surface area contributed by atoms with Crippen molar-refractivity contribution in [3.63, 3.8) is 0 Å². The van der Waals surface area contributed by atoms with E-state index in [9.17, 15) is 9.00 Å². The van der Waals surface area contributed by atoms with E-state index in [0.29, 0.717) is 23.6 Å². The quantitative estimate of drug-likeness (QED) is 0.616. The third kappa shape index (κ3) is 3.04. The van der Waals surface area contributed by atoms with Crippen LogP contribution in [0, 0.1) is 0 Å². The first-order valence-electron chi connectivity index (χ1n) is 8.51. The van der Waals surface area contributed by atoms with E-state index in [1.54, 1.807) is 24.3 Å². The summed E-state index contributed by atoms with van der Waals surface area (Å²) in [5.41, 5.74) is 0.154. The van der Waals surface area contributed by atoms with Crippen molar-refractivity contribution in [2.24, 2.45) is 0 Å². The molecule has 0 N–H and O–H groups in total. The number of carbonyl (C=O) groups excluding carboxylic acids is 1. The number of nitrogens with zero attached hydrogens (tertiary/aromatic N) is 2. The Hall–Kier alpha value is -1.21. The molecule has 5 nitrogen and oxygen atoms in total. The van der Waals surface area contributed by atoms with Crippen LogP contribution in [0.25, 0.3) is 0 Å². The summed E-state index contributed by atoms with van der Waals surface area (Å²) in [4.78, 5) is 14.5. The Morgan fingerprint density at radius 1 is 1.25 bits per heavy atom. The van der Waals surface area contributed by atoms with Gasteiger partial charge < -0.3 is 9.64 Å². The van der Waals surface area contributed by atoms with Crippen molar-refractivity contribution in [2.45, 2.75) is 37.3 Å². The zero-order valence-corrected chi connectivity index (χ0v) is 15.3. The molecule has 2 heterocycles. The monoisotopic (exact) mass is 350 g/mol. The molecule has 0 saturated carbocycles. The summed E-state index contributed by atoms with van der Waals surface area (Å²) in [6.07, 6.45) is 1.69. The van der Waals surface area contributed by atoms with Crippen LogP contribution in [-0.4, -0.2) is 63.6 Å². The van der Waals surface area contributed by atoms with Gasteiger partial charge in [-0.15, -0.1) is 0 Å². The lowest BCUT2D eigenvalue weighted by Gasteiger charge is -2.44. The van der Waals surface area contributed by atoms with Gasteiger partial charge in [0.1, 0.15) is 5.72 Å². The van der Waals surface area contributed by atoms with E-state index in [4.69, 9.17) is 4.74 Å². The molecule has 1 unspecified atom stereocenters. The van der Waals surface area contributed by atoms with Crippen LogP contribution in [0.4, 0.5) is 0 Å². The van der Waals surface area contributed by atoms with Gasteiger partial charge in [-0.05, 0) is 31.5 Å². The SMILES string of the molecule is C=S(=O)(c1ccc(C(C)=O)cc1)N1CCOC12CCN(CC)CC2. The van der Waals surface area contributed by atoms with Gasteiger partial charge in [0.25, 0.3) is 0 Å². The first-order chi connectivity index (χ1) is 11.4. The van der Waals surface area contributed by atoms with Gasteiger partial charge in [-0.25, -0.2) is 4.21 Å². The normalized spacial score (nSPS) is 24.1. The van der Waals surface area contributed by atoms with Crippen molar-refractivity contribution in [1.82, 2.24) is 9.21 Å². The van der Waals surface area contributed by atoms with Gasteiger partial charge in [-0.1, -0.05) is 19.1 Å². The highest BCUT2D eigenvalue weighted by Crippen LogP contribution is 2.38. The zero-order valence-electron chi connectivity index (χ0n) is 14.5. The molecule has 2 fully saturated rings. The fourth-order valence-electron chi connectivity index (χ4n) is 3.65. The Balaban J connectivity index is 1.87. The van der Waals surface area contributed by atoms with Crippen molar-refractivity contribution < 1.29 is 13.7 Å². The number of piperidine rings is 1. The number of likely N-dealkylation sites (tertiary alicyclic amines) is 1. The predicted molar refractivity (Wildman–Crippen MR) is 96.7 cm³/mol. The Labute approximate surface area is 144 Å². The van der Waals surface area contributed by atoms with Crippen molar-refractivity contribution in [3.05, 3.63) is 29.8 Å². The lowest BCUT2D eigenvalue weighted by Crippen LogP contribution is -2.54. The molecular weight excluding hydrogens is 324 g/mol. The van der Waals surface area contributed by atoms with Gasteiger partial charge in [0, 0.05) is 42.9 Å². The molecule has 0 radical (unpaired) electrons. The molecule has 0 amide bonds. The molecule has 1 spiro atoms. The molecule has 132 valence electrons. The molecule has 0 aromatic heterocycles. The minimum absolute atomic E-state index is 0.00465. The second-order valence-corrected chi connectivity index (χ2v) is 8.75. The molecule has 2 aliphatic rings. The molecule has 2 saturated heterocycles. The van der Waals surface area contributed by atoms with E-state index in [1.165, 1.54) is 6.92 Å². The van der Waals surface area contributed by atoms with Crippen LogP contribution in [0.5, 0.6) is 0 Å². The van der Waals surface area contributed by atoms with E-state index in [-0.39, 0.29) is 5.78 Å². The Morgan fingerprint density at radius 2 is 1.88 bits per heavy atom. The van der Waals surface area contributed by atoms with Gasteiger partial charge >= 0.3 is 0 Å². The lowest BCUT2D eigenvalue weighted by molar-refractivity contribution is -0.0887. The summed E-state index contributed by atoms with van der Waals surface area (Å²) in [7, 11) is -2.63. The van der Waals surface area contributed by atoms with Crippen molar-refractivity contribution in [3.8, 4) is 0 Å². The second-order valence-electron chi connectivity index (χ2n) is 6.55. The van der Waals surface area contributed by atoms with E-state index < -0.39 is 15.4 Å². The molecule has 2 aliphatic heterocycles. The van der Waals surface area contributed by atoms with Crippen LogP contribution >= 0.6 is 0 Å². The molecule has 6 heteroatoms. The molecule has 0 aliphatic carbocycles. The number of Topliss-reactive ketones (excluding diaryl/α,β-unsaturated/α-hetero) is 1. The molecule has 1 atom stereocenters. The number of hydrogen-bond donors (Lipinski definition) is 0. The summed E-state index contributed by atoms with van der Waals surface area (Å²) in [5, 5.41) is 0. The molecule has 3 rings (SSSR count). The lowest BCUT2D eigenvalue weighted by atomic mass is 10.0. The summed E-state index contributed by atoms with van der Waals surface area (Å²) in [6, 6.07) is 6.98. The molecule has 1 aromatic rings. The Bertz CT molecular complexity index is 704. The van der Waals surface area contributed by atoms with Crippen molar-refractivity contribution >= 4 is 21.4 Å². The third-order valence-electron chi connectivity index (χ3n) is 5.19. The van der Waals surface area contributed by atoms with Crippen LogP contribution in [0.15, 0.2) is 29.2 Å². The predicted octanol–water partition coefficient (Wildman–Crippen LogP) is 2.02. The third-order valence-corrected chi connectivity index (χ3v) is 7.43. The van der Waals surface area contributed by atoms with Gasteiger partial charge in [-0.2, -0.15) is 4.31 Å². The maximum atomic E-state index is 13.5. The number of ether oxygens (including phenoxy) is 1. The minimum atomic E-state index is -2.63. The first kappa shape index (κ1) is 17.6. The zero-order chi connectivity index (χ0) is 17.4. The maximum absolute atomic E-state index is 13.5. The highest BCUT2D eigenvalue weighted by Gasteiger charge is 2.48.